The van der Waals surface area contributed by atoms with Gasteiger partial charge in [-0.2, -0.15) is 5.26 Å². The van der Waals surface area contributed by atoms with Gasteiger partial charge in [0.1, 0.15) is 0 Å². The van der Waals surface area contributed by atoms with Crippen LogP contribution in [0.3, 0.4) is 0 Å². The molecule has 0 N–H and O–H groups in total. The minimum Gasteiger partial charge on any atom is -0.299 e. The van der Waals surface area contributed by atoms with E-state index < -0.39 is 0 Å². The predicted molar refractivity (Wildman–Crippen MR) is 110 cm³/mol. The summed E-state index contributed by atoms with van der Waals surface area (Å²) >= 11 is 0. The maximum Gasteiger partial charge on any atom is 0.0991 e. The van der Waals surface area contributed by atoms with E-state index in [0.717, 1.165) is 17.5 Å². The van der Waals surface area contributed by atoms with Crippen LogP contribution in [0.2, 0.25) is 0 Å². The van der Waals surface area contributed by atoms with Gasteiger partial charge in [-0.3, -0.25) is 4.90 Å². The van der Waals surface area contributed by atoms with Gasteiger partial charge in [-0.15, -0.1) is 0 Å². The molecule has 2 heteroatoms. The molecule has 1 saturated carbocycles. The smallest absolute Gasteiger partial charge is 0.0991 e. The highest BCUT2D eigenvalue weighted by Crippen LogP contribution is 2.55. The maximum atomic E-state index is 9.08. The minimum absolute atomic E-state index is 0.515. The van der Waals surface area contributed by atoms with Crippen LogP contribution in [0, 0.1) is 11.3 Å². The lowest BCUT2D eigenvalue weighted by Gasteiger charge is -2.32. The van der Waals surface area contributed by atoms with Gasteiger partial charge in [0.25, 0.3) is 0 Å². The third-order valence-electron chi connectivity index (χ3n) is 6.66. The number of hydrogen-bond donors (Lipinski definition) is 0. The van der Waals surface area contributed by atoms with E-state index >= 15 is 0 Å². The average molecular weight is 352 g/mol. The van der Waals surface area contributed by atoms with Crippen LogP contribution in [0.25, 0.3) is 10.8 Å². The molecule has 1 fully saturated rings. The Morgan fingerprint density at radius 1 is 0.926 bits per heavy atom. The van der Waals surface area contributed by atoms with Gasteiger partial charge in [0, 0.05) is 12.6 Å². The van der Waals surface area contributed by atoms with Crippen LogP contribution in [0.5, 0.6) is 0 Å². The number of likely N-dealkylation sites (N-methyl/N-ethyl adjacent to an activating group) is 1. The van der Waals surface area contributed by atoms with Crippen LogP contribution in [0.1, 0.15) is 59.0 Å². The molecule has 1 aliphatic heterocycles. The fraction of sp³-hybridized carbons (Fsp3) is 0.320. The highest BCUT2D eigenvalue weighted by Gasteiger charge is 2.40. The molecule has 0 bridgehead atoms. The normalized spacial score (nSPS) is 24.4. The van der Waals surface area contributed by atoms with Crippen molar-refractivity contribution in [3.8, 4) is 6.07 Å². The molecule has 3 aromatic carbocycles. The van der Waals surface area contributed by atoms with Gasteiger partial charge in [0.15, 0.2) is 0 Å². The van der Waals surface area contributed by atoms with Crippen LogP contribution < -0.4 is 0 Å². The molecule has 3 unspecified atom stereocenters. The number of benzene rings is 3. The highest BCUT2D eigenvalue weighted by molar-refractivity contribution is 5.84. The lowest BCUT2D eigenvalue weighted by molar-refractivity contribution is 0.247. The van der Waals surface area contributed by atoms with Crippen LogP contribution in [0.15, 0.2) is 54.6 Å². The van der Waals surface area contributed by atoms with E-state index in [9.17, 15) is 0 Å². The summed E-state index contributed by atoms with van der Waals surface area (Å²) in [5.74, 6) is 1.27. The Morgan fingerprint density at radius 3 is 2.44 bits per heavy atom. The topological polar surface area (TPSA) is 27.0 Å². The molecule has 0 aromatic heterocycles. The Morgan fingerprint density at radius 2 is 1.63 bits per heavy atom. The van der Waals surface area contributed by atoms with Crippen molar-refractivity contribution >= 4 is 10.8 Å². The molecule has 2 aliphatic rings. The van der Waals surface area contributed by atoms with Crippen molar-refractivity contribution in [1.82, 2.24) is 4.90 Å². The second-order valence-corrected chi connectivity index (χ2v) is 8.25. The fourth-order valence-electron chi connectivity index (χ4n) is 4.68. The molecule has 0 radical (unpaired) electrons. The van der Waals surface area contributed by atoms with Gasteiger partial charge >= 0.3 is 0 Å². The molecule has 0 spiro atoms. The van der Waals surface area contributed by atoms with E-state index in [0.29, 0.717) is 17.9 Å². The number of fused-ring (bicyclic) bond motifs is 2. The van der Waals surface area contributed by atoms with Crippen LogP contribution in [-0.4, -0.2) is 18.5 Å². The Labute approximate surface area is 161 Å². The number of rotatable bonds is 2. The summed E-state index contributed by atoms with van der Waals surface area (Å²) in [7, 11) is 2.23. The van der Waals surface area contributed by atoms with Crippen molar-refractivity contribution < 1.29 is 0 Å². The number of nitrogens with zero attached hydrogens (tertiary/aromatic N) is 2. The molecule has 27 heavy (non-hydrogen) atoms. The van der Waals surface area contributed by atoms with E-state index in [1.54, 1.807) is 0 Å². The monoisotopic (exact) mass is 352 g/mol. The summed E-state index contributed by atoms with van der Waals surface area (Å²) in [6.07, 6.45) is 2.41. The molecular formula is C25H24N2. The molecule has 1 heterocycles. The molecule has 1 aliphatic carbocycles. The third-order valence-corrected chi connectivity index (χ3v) is 6.66. The summed E-state index contributed by atoms with van der Waals surface area (Å²) < 4.78 is 0. The van der Waals surface area contributed by atoms with E-state index in [4.69, 9.17) is 5.26 Å². The van der Waals surface area contributed by atoms with Gasteiger partial charge in [-0.25, -0.2) is 0 Å². The maximum absolute atomic E-state index is 9.08. The van der Waals surface area contributed by atoms with Crippen molar-refractivity contribution in [2.24, 2.45) is 0 Å². The van der Waals surface area contributed by atoms with Crippen LogP contribution >= 0.6 is 0 Å². The SMILES string of the molecule is CC1c2cc(C3CC3c3ccc4cc(C#N)ccc4c3)ccc2CCN1C. The van der Waals surface area contributed by atoms with Crippen molar-refractivity contribution in [2.75, 3.05) is 13.6 Å². The van der Waals surface area contributed by atoms with Crippen molar-refractivity contribution in [3.05, 3.63) is 82.4 Å². The van der Waals surface area contributed by atoms with Crippen molar-refractivity contribution in [2.45, 2.75) is 37.6 Å². The van der Waals surface area contributed by atoms with Gasteiger partial charge in [-0.05, 0) is 83.8 Å². The van der Waals surface area contributed by atoms with Gasteiger partial charge in [-0.1, -0.05) is 42.5 Å². The molecule has 3 aromatic rings. The fourth-order valence-corrected chi connectivity index (χ4v) is 4.68. The van der Waals surface area contributed by atoms with Crippen LogP contribution in [0.4, 0.5) is 0 Å². The number of nitriles is 1. The third kappa shape index (κ3) is 2.83. The number of hydrogen-bond acceptors (Lipinski definition) is 2. The lowest BCUT2D eigenvalue weighted by Crippen LogP contribution is -2.30. The largest absolute Gasteiger partial charge is 0.299 e. The zero-order valence-electron chi connectivity index (χ0n) is 15.9. The zero-order chi connectivity index (χ0) is 18.5. The molecule has 0 amide bonds. The van der Waals surface area contributed by atoms with Crippen molar-refractivity contribution in [1.29, 1.82) is 5.26 Å². The van der Waals surface area contributed by atoms with Crippen LogP contribution in [-0.2, 0) is 6.42 Å². The summed E-state index contributed by atoms with van der Waals surface area (Å²) in [5, 5.41) is 11.5. The summed E-state index contributed by atoms with van der Waals surface area (Å²) in [5.41, 5.74) is 6.71. The van der Waals surface area contributed by atoms with E-state index in [1.165, 1.54) is 40.5 Å². The molecule has 5 rings (SSSR count). The summed E-state index contributed by atoms with van der Waals surface area (Å²) in [6.45, 7) is 3.48. The second-order valence-electron chi connectivity index (χ2n) is 8.25. The summed E-state index contributed by atoms with van der Waals surface area (Å²) in [6, 6.07) is 22.7. The second kappa shape index (κ2) is 6.22. The first-order chi connectivity index (χ1) is 13.1. The molecule has 0 saturated heterocycles. The summed E-state index contributed by atoms with van der Waals surface area (Å²) in [4.78, 5) is 2.45. The van der Waals surface area contributed by atoms with Crippen molar-refractivity contribution in [3.63, 3.8) is 0 Å². The molecule has 2 nitrogen and oxygen atoms in total. The average Bonchev–Trinajstić information content (AvgIpc) is 3.51. The quantitative estimate of drug-likeness (QED) is 0.606. The molecular weight excluding hydrogens is 328 g/mol. The van der Waals surface area contributed by atoms with E-state index in [-0.39, 0.29) is 0 Å². The molecule has 3 atom stereocenters. The molecule has 134 valence electrons. The van der Waals surface area contributed by atoms with Gasteiger partial charge in [0.2, 0.25) is 0 Å². The predicted octanol–water partition coefficient (Wildman–Crippen LogP) is 5.53. The Hall–Kier alpha value is -2.63. The zero-order valence-corrected chi connectivity index (χ0v) is 15.9. The first-order valence-corrected chi connectivity index (χ1v) is 9.91. The van der Waals surface area contributed by atoms with E-state index in [1.807, 2.05) is 12.1 Å². The van der Waals surface area contributed by atoms with Gasteiger partial charge in [0.05, 0.1) is 11.6 Å². The first-order valence-electron chi connectivity index (χ1n) is 9.91. The standard InChI is InChI=1S/C25H24N2/c1-16-23-13-22(7-5-18(23)9-10-27(16)2)25-14-24(25)21-8-6-19-11-17(15-26)3-4-20(19)12-21/h3-8,11-13,16,24-25H,9-10,14H2,1-2H3. The van der Waals surface area contributed by atoms with E-state index in [2.05, 4.69) is 67.4 Å². The lowest BCUT2D eigenvalue weighted by atomic mass is 9.90. The Bertz CT molecular complexity index is 1080. The van der Waals surface area contributed by atoms with Gasteiger partial charge < -0.3 is 0 Å². The highest BCUT2D eigenvalue weighted by atomic mass is 15.1. The minimum atomic E-state index is 0.515. The Kier molecular flexibility index (Phi) is 3.81. The first kappa shape index (κ1) is 16.5. The Balaban J connectivity index is 1.42.